The zero-order chi connectivity index (χ0) is 8.72. The van der Waals surface area contributed by atoms with Gasteiger partial charge in [0.15, 0.2) is 0 Å². The molecule has 2 N–H and O–H groups in total. The van der Waals surface area contributed by atoms with Crippen molar-refractivity contribution in [2.24, 2.45) is 5.73 Å². The summed E-state index contributed by atoms with van der Waals surface area (Å²) in [5.74, 6) is 0. The lowest BCUT2D eigenvalue weighted by Crippen LogP contribution is -2.15. The van der Waals surface area contributed by atoms with E-state index in [0.717, 1.165) is 12.8 Å². The summed E-state index contributed by atoms with van der Waals surface area (Å²) in [6.45, 7) is 4.27. The monoisotopic (exact) mass is 165 g/mol. The topological polar surface area (TPSA) is 43.8 Å². The van der Waals surface area contributed by atoms with Crippen LogP contribution in [0.3, 0.4) is 0 Å². The van der Waals surface area contributed by atoms with Crippen molar-refractivity contribution in [1.82, 2.24) is 9.78 Å². The van der Waals surface area contributed by atoms with E-state index in [9.17, 15) is 0 Å². The van der Waals surface area contributed by atoms with Gasteiger partial charge in [-0.3, -0.25) is 4.68 Å². The summed E-state index contributed by atoms with van der Waals surface area (Å²) < 4.78 is 2.05. The van der Waals surface area contributed by atoms with Crippen molar-refractivity contribution in [3.8, 4) is 0 Å². The summed E-state index contributed by atoms with van der Waals surface area (Å²) in [6.07, 6.45) is 4.14. The van der Waals surface area contributed by atoms with Gasteiger partial charge in [0.05, 0.1) is 11.9 Å². The van der Waals surface area contributed by atoms with Gasteiger partial charge < -0.3 is 5.73 Å². The summed E-state index contributed by atoms with van der Waals surface area (Å²) in [4.78, 5) is 0. The van der Waals surface area contributed by atoms with Gasteiger partial charge in [0.1, 0.15) is 0 Å². The van der Waals surface area contributed by atoms with E-state index in [1.165, 1.54) is 11.3 Å². The molecule has 3 nitrogen and oxygen atoms in total. The highest BCUT2D eigenvalue weighted by Crippen LogP contribution is 2.30. The molecule has 0 saturated heterocycles. The van der Waals surface area contributed by atoms with Crippen LogP contribution in [0.25, 0.3) is 0 Å². The van der Waals surface area contributed by atoms with E-state index >= 15 is 0 Å². The molecule has 0 amide bonds. The Balaban J connectivity index is 2.46. The van der Waals surface area contributed by atoms with Gasteiger partial charge in [-0.15, -0.1) is 0 Å². The van der Waals surface area contributed by atoms with Gasteiger partial charge in [0, 0.05) is 12.1 Å². The zero-order valence-corrected chi connectivity index (χ0v) is 7.62. The van der Waals surface area contributed by atoms with E-state index in [1.807, 2.05) is 10.9 Å². The maximum absolute atomic E-state index is 5.97. The Morgan fingerprint density at radius 1 is 1.67 bits per heavy atom. The van der Waals surface area contributed by atoms with E-state index in [1.54, 1.807) is 0 Å². The number of hydrogen-bond donors (Lipinski definition) is 1. The molecule has 3 heteroatoms. The van der Waals surface area contributed by atoms with Crippen LogP contribution in [0.4, 0.5) is 0 Å². The SMILES string of the molecule is CC(C)n1ncc2c1C(N)CC2. The molecule has 0 saturated carbocycles. The van der Waals surface area contributed by atoms with E-state index in [4.69, 9.17) is 5.73 Å². The summed E-state index contributed by atoms with van der Waals surface area (Å²) in [6, 6.07) is 0.641. The van der Waals surface area contributed by atoms with Gasteiger partial charge in [-0.25, -0.2) is 0 Å². The highest BCUT2D eigenvalue weighted by atomic mass is 15.3. The van der Waals surface area contributed by atoms with Crippen LogP contribution in [0.5, 0.6) is 0 Å². The average Bonchev–Trinajstić information content (AvgIpc) is 2.53. The van der Waals surface area contributed by atoms with Crippen molar-refractivity contribution in [1.29, 1.82) is 0 Å². The molecule has 1 heterocycles. The lowest BCUT2D eigenvalue weighted by atomic mass is 10.2. The molecule has 1 atom stereocenters. The predicted octanol–water partition coefficient (Wildman–Crippen LogP) is 1.41. The molecule has 1 aromatic rings. The number of fused-ring (bicyclic) bond motifs is 1. The third-order valence-corrected chi connectivity index (χ3v) is 2.48. The van der Waals surface area contributed by atoms with Gasteiger partial charge in [-0.2, -0.15) is 5.10 Å². The van der Waals surface area contributed by atoms with Gasteiger partial charge in [0.25, 0.3) is 0 Å². The normalized spacial score (nSPS) is 21.8. The van der Waals surface area contributed by atoms with Crippen molar-refractivity contribution in [3.63, 3.8) is 0 Å². The molecule has 2 rings (SSSR count). The molecular formula is C9H15N3. The first-order chi connectivity index (χ1) is 5.70. The van der Waals surface area contributed by atoms with Crippen molar-refractivity contribution < 1.29 is 0 Å². The Labute approximate surface area is 72.6 Å². The maximum atomic E-state index is 5.97. The average molecular weight is 165 g/mol. The summed E-state index contributed by atoms with van der Waals surface area (Å²) in [5.41, 5.74) is 8.57. The molecule has 1 aliphatic carbocycles. The predicted molar refractivity (Wildman–Crippen MR) is 47.9 cm³/mol. The first-order valence-electron chi connectivity index (χ1n) is 4.52. The third-order valence-electron chi connectivity index (χ3n) is 2.48. The second-order valence-corrected chi connectivity index (χ2v) is 3.74. The van der Waals surface area contributed by atoms with Gasteiger partial charge in [-0.1, -0.05) is 0 Å². The molecule has 12 heavy (non-hydrogen) atoms. The van der Waals surface area contributed by atoms with Crippen LogP contribution in [0.2, 0.25) is 0 Å². The lowest BCUT2D eigenvalue weighted by molar-refractivity contribution is 0.488. The van der Waals surface area contributed by atoms with Gasteiger partial charge in [-0.05, 0) is 32.3 Å². The van der Waals surface area contributed by atoms with Gasteiger partial charge in [0.2, 0.25) is 0 Å². The first-order valence-corrected chi connectivity index (χ1v) is 4.52. The number of aryl methyl sites for hydroxylation is 1. The Morgan fingerprint density at radius 2 is 2.42 bits per heavy atom. The number of nitrogens with zero attached hydrogens (tertiary/aromatic N) is 2. The smallest absolute Gasteiger partial charge is 0.0586 e. The number of hydrogen-bond acceptors (Lipinski definition) is 2. The summed E-state index contributed by atoms with van der Waals surface area (Å²) in [5, 5.41) is 4.32. The van der Waals surface area contributed by atoms with Crippen LogP contribution < -0.4 is 5.73 Å². The second kappa shape index (κ2) is 2.59. The van der Waals surface area contributed by atoms with E-state index in [-0.39, 0.29) is 6.04 Å². The molecule has 0 fully saturated rings. The molecular weight excluding hydrogens is 150 g/mol. The molecule has 1 unspecified atom stereocenters. The molecule has 66 valence electrons. The Bertz CT molecular complexity index is 288. The highest BCUT2D eigenvalue weighted by molar-refractivity contribution is 5.26. The fourth-order valence-corrected chi connectivity index (χ4v) is 1.87. The van der Waals surface area contributed by atoms with Crippen LogP contribution in [-0.2, 0) is 6.42 Å². The number of aromatic nitrogens is 2. The van der Waals surface area contributed by atoms with Crippen molar-refractivity contribution in [2.45, 2.75) is 38.8 Å². The van der Waals surface area contributed by atoms with Crippen molar-refractivity contribution in [2.75, 3.05) is 0 Å². The molecule has 1 aliphatic rings. The van der Waals surface area contributed by atoms with Crippen LogP contribution in [0, 0.1) is 0 Å². The number of rotatable bonds is 1. The minimum absolute atomic E-state index is 0.213. The summed E-state index contributed by atoms with van der Waals surface area (Å²) >= 11 is 0. The Kier molecular flexibility index (Phi) is 1.68. The Hall–Kier alpha value is -0.830. The number of nitrogens with two attached hydrogens (primary N) is 1. The van der Waals surface area contributed by atoms with Crippen molar-refractivity contribution >= 4 is 0 Å². The van der Waals surface area contributed by atoms with Crippen molar-refractivity contribution in [3.05, 3.63) is 17.5 Å². The summed E-state index contributed by atoms with van der Waals surface area (Å²) in [7, 11) is 0. The molecule has 0 radical (unpaired) electrons. The third kappa shape index (κ3) is 0.966. The second-order valence-electron chi connectivity index (χ2n) is 3.74. The standard InChI is InChI=1S/C9H15N3/c1-6(2)12-9-7(5-11-12)3-4-8(9)10/h5-6,8H,3-4,10H2,1-2H3. The van der Waals surface area contributed by atoms with E-state index in [0.29, 0.717) is 6.04 Å². The molecule has 0 aromatic carbocycles. The van der Waals surface area contributed by atoms with Crippen LogP contribution in [0.15, 0.2) is 6.20 Å². The quantitative estimate of drug-likeness (QED) is 0.683. The molecule has 0 spiro atoms. The minimum atomic E-state index is 0.213. The fraction of sp³-hybridized carbons (Fsp3) is 0.667. The van der Waals surface area contributed by atoms with Crippen LogP contribution >= 0.6 is 0 Å². The molecule has 0 aliphatic heterocycles. The van der Waals surface area contributed by atoms with E-state index < -0.39 is 0 Å². The Morgan fingerprint density at radius 3 is 3.08 bits per heavy atom. The fourth-order valence-electron chi connectivity index (χ4n) is 1.87. The van der Waals surface area contributed by atoms with Crippen LogP contribution in [0.1, 0.15) is 43.6 Å². The zero-order valence-electron chi connectivity index (χ0n) is 7.62. The van der Waals surface area contributed by atoms with Gasteiger partial charge >= 0.3 is 0 Å². The molecule has 1 aromatic heterocycles. The van der Waals surface area contributed by atoms with E-state index in [2.05, 4.69) is 18.9 Å². The first kappa shape index (κ1) is 7.80. The largest absolute Gasteiger partial charge is 0.323 e. The lowest BCUT2D eigenvalue weighted by Gasteiger charge is -2.12. The highest BCUT2D eigenvalue weighted by Gasteiger charge is 2.24. The van der Waals surface area contributed by atoms with Crippen LogP contribution in [-0.4, -0.2) is 9.78 Å². The minimum Gasteiger partial charge on any atom is -0.323 e. The maximum Gasteiger partial charge on any atom is 0.0586 e. The molecule has 0 bridgehead atoms.